The van der Waals surface area contributed by atoms with E-state index in [0.29, 0.717) is 28.0 Å². The van der Waals surface area contributed by atoms with Crippen molar-refractivity contribution in [2.24, 2.45) is 0 Å². The molecule has 1 amide bonds. The molecule has 1 fully saturated rings. The molecule has 5 rings (SSSR count). The van der Waals surface area contributed by atoms with Gasteiger partial charge in [0.25, 0.3) is 5.56 Å². The highest BCUT2D eigenvalue weighted by atomic mass is 16.5. The Morgan fingerprint density at radius 3 is 2.78 bits per heavy atom. The predicted molar refractivity (Wildman–Crippen MR) is 139 cm³/mol. The highest BCUT2D eigenvalue weighted by molar-refractivity contribution is 5.82. The monoisotopic (exact) mass is 488 g/mol. The topological polar surface area (TPSA) is 85.7 Å². The Morgan fingerprint density at radius 2 is 2.06 bits per heavy atom. The lowest BCUT2D eigenvalue weighted by molar-refractivity contribution is -0.122. The van der Waals surface area contributed by atoms with Gasteiger partial charge in [-0.05, 0) is 69.3 Å². The van der Waals surface area contributed by atoms with Gasteiger partial charge in [0.05, 0.1) is 24.6 Å². The van der Waals surface area contributed by atoms with Crippen LogP contribution in [0.3, 0.4) is 0 Å². The first-order valence-electron chi connectivity index (χ1n) is 12.5. The number of nitrogens with zero attached hydrogens (tertiary/aromatic N) is 3. The third-order valence-corrected chi connectivity index (χ3v) is 6.61. The van der Waals surface area contributed by atoms with E-state index in [0.717, 1.165) is 37.4 Å². The van der Waals surface area contributed by atoms with Crippen LogP contribution < -0.4 is 15.6 Å². The number of carbonyl (C=O) groups excluding carboxylic acids is 1. The number of amides is 1. The fourth-order valence-electron chi connectivity index (χ4n) is 4.66. The molecule has 2 aliphatic heterocycles. The van der Waals surface area contributed by atoms with Crippen molar-refractivity contribution in [3.05, 3.63) is 70.2 Å². The van der Waals surface area contributed by atoms with Gasteiger partial charge in [-0.25, -0.2) is 4.98 Å². The number of nitrogens with one attached hydrogen (secondary N) is 1. The summed E-state index contributed by atoms with van der Waals surface area (Å²) in [6, 6.07) is 13.0. The second-order valence-electron chi connectivity index (χ2n) is 9.70. The van der Waals surface area contributed by atoms with Gasteiger partial charge in [0.1, 0.15) is 30.0 Å². The molecule has 1 unspecified atom stereocenters. The summed E-state index contributed by atoms with van der Waals surface area (Å²) in [5, 5.41) is 3.34. The number of hydrogen-bond acceptors (Lipinski definition) is 6. The van der Waals surface area contributed by atoms with E-state index < -0.39 is 0 Å². The molecular formula is C28H32N4O4. The third kappa shape index (κ3) is 4.99. The zero-order valence-electron chi connectivity index (χ0n) is 21.0. The van der Waals surface area contributed by atoms with E-state index in [1.54, 1.807) is 7.11 Å². The SMILES string of the molecule is COc1cccc(-c2nc3ccc(C4CC=C(CN5CCC5)O4)cc3c(=O)n2CC(=O)NC(C)C)c1. The van der Waals surface area contributed by atoms with Gasteiger partial charge in [-0.2, -0.15) is 0 Å². The van der Waals surface area contributed by atoms with Crippen molar-refractivity contribution >= 4 is 16.8 Å². The summed E-state index contributed by atoms with van der Waals surface area (Å²) in [6.07, 6.45) is 4.04. The highest BCUT2D eigenvalue weighted by Gasteiger charge is 2.25. The van der Waals surface area contributed by atoms with Crippen LogP contribution in [0.2, 0.25) is 0 Å². The van der Waals surface area contributed by atoms with E-state index in [1.807, 2.05) is 56.3 Å². The largest absolute Gasteiger partial charge is 0.497 e. The summed E-state index contributed by atoms with van der Waals surface area (Å²) in [7, 11) is 1.59. The Bertz CT molecular complexity index is 1370. The zero-order valence-corrected chi connectivity index (χ0v) is 21.0. The van der Waals surface area contributed by atoms with Gasteiger partial charge < -0.3 is 14.8 Å². The highest BCUT2D eigenvalue weighted by Crippen LogP contribution is 2.33. The molecular weight excluding hydrogens is 456 g/mol. The third-order valence-electron chi connectivity index (χ3n) is 6.61. The van der Waals surface area contributed by atoms with E-state index in [9.17, 15) is 9.59 Å². The lowest BCUT2D eigenvalue weighted by atomic mass is 10.0. The molecule has 3 aromatic rings. The van der Waals surface area contributed by atoms with Crippen LogP contribution >= 0.6 is 0 Å². The van der Waals surface area contributed by atoms with Crippen LogP contribution in [0.15, 0.2) is 59.1 Å². The number of fused-ring (bicyclic) bond motifs is 1. The summed E-state index contributed by atoms with van der Waals surface area (Å²) in [5.74, 6) is 1.82. The van der Waals surface area contributed by atoms with Gasteiger partial charge in [0.2, 0.25) is 5.91 Å². The van der Waals surface area contributed by atoms with Crippen molar-refractivity contribution in [1.29, 1.82) is 0 Å². The number of likely N-dealkylation sites (tertiary alicyclic amines) is 1. The molecule has 1 aromatic heterocycles. The molecule has 0 saturated carbocycles. The zero-order chi connectivity index (χ0) is 25.2. The van der Waals surface area contributed by atoms with Crippen LogP contribution in [0.1, 0.15) is 38.4 Å². The van der Waals surface area contributed by atoms with E-state index in [-0.39, 0.29) is 30.2 Å². The summed E-state index contributed by atoms with van der Waals surface area (Å²) in [5.41, 5.74) is 1.96. The Balaban J connectivity index is 1.52. The van der Waals surface area contributed by atoms with Gasteiger partial charge in [-0.3, -0.25) is 19.1 Å². The van der Waals surface area contributed by atoms with Crippen molar-refractivity contribution in [3.8, 4) is 17.1 Å². The Hall–Kier alpha value is -3.65. The maximum atomic E-state index is 13.8. The lowest BCUT2D eigenvalue weighted by Gasteiger charge is -2.31. The van der Waals surface area contributed by atoms with Crippen LogP contribution in [0.5, 0.6) is 5.75 Å². The van der Waals surface area contributed by atoms with Crippen LogP contribution in [-0.4, -0.2) is 53.1 Å². The van der Waals surface area contributed by atoms with Gasteiger partial charge >= 0.3 is 0 Å². The molecule has 36 heavy (non-hydrogen) atoms. The Morgan fingerprint density at radius 1 is 1.22 bits per heavy atom. The first-order chi connectivity index (χ1) is 17.4. The molecule has 8 heteroatoms. The maximum absolute atomic E-state index is 13.8. The molecule has 0 spiro atoms. The predicted octanol–water partition coefficient (Wildman–Crippen LogP) is 3.65. The molecule has 1 atom stereocenters. The Labute approximate surface area is 210 Å². The van der Waals surface area contributed by atoms with Gasteiger partial charge in [-0.15, -0.1) is 0 Å². The summed E-state index contributed by atoms with van der Waals surface area (Å²) >= 11 is 0. The maximum Gasteiger partial charge on any atom is 0.262 e. The Kier molecular flexibility index (Phi) is 6.78. The van der Waals surface area contributed by atoms with Gasteiger partial charge in [0, 0.05) is 18.0 Å². The van der Waals surface area contributed by atoms with Crippen molar-refractivity contribution < 1.29 is 14.3 Å². The fraction of sp³-hybridized carbons (Fsp3) is 0.393. The van der Waals surface area contributed by atoms with Gasteiger partial charge in [-0.1, -0.05) is 18.2 Å². The van der Waals surface area contributed by atoms with Crippen molar-refractivity contribution in [2.75, 3.05) is 26.7 Å². The smallest absolute Gasteiger partial charge is 0.262 e. The van der Waals surface area contributed by atoms with Crippen LogP contribution in [0.4, 0.5) is 0 Å². The van der Waals surface area contributed by atoms with Crippen molar-refractivity contribution in [2.45, 2.75) is 45.4 Å². The minimum Gasteiger partial charge on any atom is -0.497 e. The minimum absolute atomic E-state index is 0.0361. The first-order valence-corrected chi connectivity index (χ1v) is 12.5. The van der Waals surface area contributed by atoms with Crippen LogP contribution in [0.25, 0.3) is 22.3 Å². The van der Waals surface area contributed by atoms with Crippen LogP contribution in [-0.2, 0) is 16.1 Å². The van der Waals surface area contributed by atoms with Crippen LogP contribution in [0, 0.1) is 0 Å². The summed E-state index contributed by atoms with van der Waals surface area (Å²) < 4.78 is 13.0. The lowest BCUT2D eigenvalue weighted by Crippen LogP contribution is -2.38. The second kappa shape index (κ2) is 10.1. The molecule has 1 N–H and O–H groups in total. The molecule has 0 aliphatic carbocycles. The number of hydrogen-bond donors (Lipinski definition) is 1. The second-order valence-corrected chi connectivity index (χ2v) is 9.70. The van der Waals surface area contributed by atoms with E-state index in [2.05, 4.69) is 16.3 Å². The quantitative estimate of drug-likeness (QED) is 0.521. The number of methoxy groups -OCH3 is 1. The summed E-state index contributed by atoms with van der Waals surface area (Å²) in [6.45, 7) is 6.73. The normalized spacial score (nSPS) is 17.6. The molecule has 3 heterocycles. The molecule has 2 aliphatic rings. The molecule has 0 bridgehead atoms. The molecule has 0 radical (unpaired) electrons. The standard InChI is InChI=1S/C28H32N4O4/c1-18(2)29-26(33)17-32-27(20-6-4-7-21(14-20)35-3)30-24-10-8-19(15-23(24)28(32)34)25-11-9-22(36-25)16-31-12-5-13-31/h4,6-10,14-15,18,25H,5,11-13,16-17H2,1-3H3,(H,29,33). The number of ether oxygens (including phenoxy) is 2. The van der Waals surface area contributed by atoms with E-state index in [1.165, 1.54) is 11.0 Å². The fourth-order valence-corrected chi connectivity index (χ4v) is 4.66. The molecule has 188 valence electrons. The van der Waals surface area contributed by atoms with Gasteiger partial charge in [0.15, 0.2) is 0 Å². The molecule has 1 saturated heterocycles. The first kappa shape index (κ1) is 24.1. The summed E-state index contributed by atoms with van der Waals surface area (Å²) in [4.78, 5) is 33.6. The van der Waals surface area contributed by atoms with Crippen molar-refractivity contribution in [3.63, 3.8) is 0 Å². The molecule has 8 nitrogen and oxygen atoms in total. The average Bonchev–Trinajstić information content (AvgIpc) is 3.31. The number of aromatic nitrogens is 2. The number of carbonyl (C=O) groups is 1. The minimum atomic E-state index is -0.259. The number of rotatable bonds is 8. The van der Waals surface area contributed by atoms with Crippen molar-refractivity contribution in [1.82, 2.24) is 19.8 Å². The average molecular weight is 489 g/mol. The number of benzene rings is 2. The van der Waals surface area contributed by atoms with E-state index >= 15 is 0 Å². The van der Waals surface area contributed by atoms with E-state index in [4.69, 9.17) is 14.5 Å². The molecule has 2 aromatic carbocycles.